The Kier molecular flexibility index (Phi) is 4.48. The summed E-state index contributed by atoms with van der Waals surface area (Å²) in [6.45, 7) is 6.21. The van der Waals surface area contributed by atoms with E-state index in [1.54, 1.807) is 23.9 Å². The second kappa shape index (κ2) is 6.71. The minimum atomic E-state index is 0.751. The molecular weight excluding hydrogens is 304 g/mol. The van der Waals surface area contributed by atoms with Crippen LogP contribution in [0.25, 0.3) is 16.3 Å². The van der Waals surface area contributed by atoms with E-state index in [4.69, 9.17) is 0 Å². The lowest BCUT2D eigenvalue weighted by Crippen LogP contribution is -1.95. The molecule has 0 saturated heterocycles. The predicted molar refractivity (Wildman–Crippen MR) is 99.1 cm³/mol. The number of aromatic nitrogens is 2. The van der Waals surface area contributed by atoms with Crippen LogP contribution in [-0.4, -0.2) is 16.2 Å². The average Bonchev–Trinajstić information content (AvgIpc) is 2.84. The maximum atomic E-state index is 4.33. The first kappa shape index (κ1) is 15.4. The van der Waals surface area contributed by atoms with Gasteiger partial charge in [-0.25, -0.2) is 9.97 Å². The third-order valence-corrected chi connectivity index (χ3v) is 4.71. The van der Waals surface area contributed by atoms with E-state index >= 15 is 0 Å². The van der Waals surface area contributed by atoms with Gasteiger partial charge < -0.3 is 0 Å². The Morgan fingerprint density at radius 1 is 1.17 bits per heavy atom. The van der Waals surface area contributed by atoms with Gasteiger partial charge in [-0.05, 0) is 37.5 Å². The van der Waals surface area contributed by atoms with E-state index in [2.05, 4.69) is 52.6 Å². The van der Waals surface area contributed by atoms with Crippen molar-refractivity contribution in [2.75, 3.05) is 5.43 Å². The largest absolute Gasteiger partial charge is 0.261 e. The summed E-state index contributed by atoms with van der Waals surface area (Å²) < 4.78 is 0. The number of nitrogens with zero attached hydrogens (tertiary/aromatic N) is 3. The number of hydrazone groups is 1. The first-order valence-electron chi connectivity index (χ1n) is 7.38. The highest BCUT2D eigenvalue weighted by Gasteiger charge is 2.10. The molecule has 0 radical (unpaired) electrons. The number of hydrogen-bond donors (Lipinski definition) is 1. The Morgan fingerprint density at radius 2 is 1.96 bits per heavy atom. The van der Waals surface area contributed by atoms with Crippen LogP contribution >= 0.6 is 11.3 Å². The second-order valence-corrected chi connectivity index (χ2v) is 6.56. The fraction of sp³-hybridized carbons (Fsp3) is 0.167. The number of anilines is 1. The highest BCUT2D eigenvalue weighted by Crippen LogP contribution is 2.32. The summed E-state index contributed by atoms with van der Waals surface area (Å²) in [4.78, 5) is 10.9. The molecule has 3 rings (SSSR count). The van der Waals surface area contributed by atoms with Gasteiger partial charge in [0.1, 0.15) is 11.2 Å². The third-order valence-electron chi connectivity index (χ3n) is 3.60. The van der Waals surface area contributed by atoms with Crippen LogP contribution in [-0.2, 0) is 0 Å². The van der Waals surface area contributed by atoms with Crippen molar-refractivity contribution >= 4 is 39.7 Å². The summed E-state index contributed by atoms with van der Waals surface area (Å²) in [7, 11) is 0. The summed E-state index contributed by atoms with van der Waals surface area (Å²) in [6, 6.07) is 10.2. The van der Waals surface area contributed by atoms with Crippen LogP contribution in [0.5, 0.6) is 0 Å². The van der Waals surface area contributed by atoms with Gasteiger partial charge in [0.15, 0.2) is 5.82 Å². The highest BCUT2D eigenvalue weighted by molar-refractivity contribution is 7.18. The van der Waals surface area contributed by atoms with Gasteiger partial charge in [0.25, 0.3) is 0 Å². The molecule has 0 saturated carbocycles. The third kappa shape index (κ3) is 3.46. The van der Waals surface area contributed by atoms with Crippen molar-refractivity contribution in [3.05, 3.63) is 58.2 Å². The molecule has 0 aliphatic rings. The molecule has 0 fully saturated rings. The van der Waals surface area contributed by atoms with E-state index in [0.717, 1.165) is 27.2 Å². The van der Waals surface area contributed by atoms with Crippen molar-refractivity contribution in [1.29, 1.82) is 0 Å². The molecule has 1 N–H and O–H groups in total. The minimum absolute atomic E-state index is 0.751. The van der Waals surface area contributed by atoms with E-state index in [1.165, 1.54) is 10.4 Å². The van der Waals surface area contributed by atoms with Gasteiger partial charge in [0.05, 0.1) is 11.6 Å². The van der Waals surface area contributed by atoms with Crippen molar-refractivity contribution in [3.63, 3.8) is 0 Å². The number of allylic oxidation sites excluding steroid dienone is 1. The molecule has 0 aliphatic heterocycles. The Balaban J connectivity index is 1.79. The van der Waals surface area contributed by atoms with Crippen LogP contribution in [0.3, 0.4) is 0 Å². The maximum absolute atomic E-state index is 4.33. The molecule has 4 nitrogen and oxygen atoms in total. The number of fused-ring (bicyclic) bond motifs is 1. The Labute approximate surface area is 139 Å². The molecule has 0 bridgehead atoms. The molecule has 1 aromatic carbocycles. The van der Waals surface area contributed by atoms with Gasteiger partial charge in [-0.2, -0.15) is 5.10 Å². The lowest BCUT2D eigenvalue weighted by Gasteiger charge is -2.02. The molecule has 0 aliphatic carbocycles. The quantitative estimate of drug-likeness (QED) is 0.554. The molecule has 5 heteroatoms. The number of rotatable bonds is 4. The van der Waals surface area contributed by atoms with Crippen molar-refractivity contribution in [2.45, 2.75) is 20.8 Å². The van der Waals surface area contributed by atoms with E-state index in [9.17, 15) is 0 Å². The normalized spacial score (nSPS) is 12.2. The van der Waals surface area contributed by atoms with Crippen LogP contribution in [0.4, 0.5) is 5.82 Å². The van der Waals surface area contributed by atoms with Gasteiger partial charge in [-0.3, -0.25) is 5.43 Å². The number of aryl methyl sites for hydroxylation is 2. The molecule has 0 atom stereocenters. The first-order valence-corrected chi connectivity index (χ1v) is 8.20. The smallest absolute Gasteiger partial charge is 0.158 e. The van der Waals surface area contributed by atoms with Crippen LogP contribution in [0, 0.1) is 13.8 Å². The average molecular weight is 322 g/mol. The number of thiophene rings is 1. The van der Waals surface area contributed by atoms with Gasteiger partial charge in [-0.1, -0.05) is 36.4 Å². The first-order chi connectivity index (χ1) is 11.1. The molecule has 2 heterocycles. The minimum Gasteiger partial charge on any atom is -0.261 e. The summed E-state index contributed by atoms with van der Waals surface area (Å²) in [5.74, 6) is 0.751. The molecule has 3 aromatic rings. The van der Waals surface area contributed by atoms with E-state index in [1.807, 2.05) is 25.1 Å². The summed E-state index contributed by atoms with van der Waals surface area (Å²) >= 11 is 1.68. The zero-order chi connectivity index (χ0) is 16.2. The molecule has 0 amide bonds. The van der Waals surface area contributed by atoms with E-state index < -0.39 is 0 Å². The zero-order valence-corrected chi connectivity index (χ0v) is 14.2. The summed E-state index contributed by atoms with van der Waals surface area (Å²) in [6.07, 6.45) is 5.46. The lowest BCUT2D eigenvalue weighted by atomic mass is 10.1. The maximum Gasteiger partial charge on any atom is 0.158 e. The summed E-state index contributed by atoms with van der Waals surface area (Å²) in [5, 5.41) is 5.36. The Bertz CT molecular complexity index is 879. The van der Waals surface area contributed by atoms with Crippen LogP contribution in [0.2, 0.25) is 0 Å². The molecule has 2 aromatic heterocycles. The molecule has 23 heavy (non-hydrogen) atoms. The topological polar surface area (TPSA) is 50.2 Å². The molecule has 0 spiro atoms. The fourth-order valence-corrected chi connectivity index (χ4v) is 3.31. The van der Waals surface area contributed by atoms with Gasteiger partial charge in [0.2, 0.25) is 0 Å². The van der Waals surface area contributed by atoms with Crippen LogP contribution < -0.4 is 5.43 Å². The number of hydrogen-bond acceptors (Lipinski definition) is 5. The van der Waals surface area contributed by atoms with Gasteiger partial charge in [0, 0.05) is 4.88 Å². The zero-order valence-electron chi connectivity index (χ0n) is 13.4. The predicted octanol–water partition coefficient (Wildman–Crippen LogP) is 4.81. The van der Waals surface area contributed by atoms with Crippen LogP contribution in [0.15, 0.2) is 47.3 Å². The van der Waals surface area contributed by atoms with E-state index in [0.29, 0.717) is 0 Å². The van der Waals surface area contributed by atoms with Crippen molar-refractivity contribution < 1.29 is 0 Å². The summed E-state index contributed by atoms with van der Waals surface area (Å²) in [5.41, 5.74) is 6.47. The SMILES string of the molecule is CC(/C=N\Nc1ncnc2sc(C)c(C)c12)=C\c1ccccc1. The molecule has 0 unspecified atom stereocenters. The number of benzene rings is 1. The van der Waals surface area contributed by atoms with Crippen molar-refractivity contribution in [1.82, 2.24) is 9.97 Å². The Hall–Kier alpha value is -2.53. The van der Waals surface area contributed by atoms with Gasteiger partial charge >= 0.3 is 0 Å². The van der Waals surface area contributed by atoms with Crippen molar-refractivity contribution in [3.8, 4) is 0 Å². The highest BCUT2D eigenvalue weighted by atomic mass is 32.1. The van der Waals surface area contributed by atoms with Crippen molar-refractivity contribution in [2.24, 2.45) is 5.10 Å². The standard InChI is InChI=1S/C18H18N4S/c1-12(9-15-7-5-4-6-8-15)10-21-22-17-16-13(2)14(3)23-18(16)20-11-19-17/h4-11H,1-3H3,(H,19,20,22)/b12-9+,21-10-. The molecular formula is C18H18N4S. The lowest BCUT2D eigenvalue weighted by molar-refractivity contribution is 1.19. The van der Waals surface area contributed by atoms with E-state index in [-0.39, 0.29) is 0 Å². The fourth-order valence-electron chi connectivity index (χ4n) is 2.31. The second-order valence-electron chi connectivity index (χ2n) is 5.35. The molecule has 116 valence electrons. The van der Waals surface area contributed by atoms with Gasteiger partial charge in [-0.15, -0.1) is 11.3 Å². The Morgan fingerprint density at radius 3 is 2.74 bits per heavy atom. The number of nitrogens with one attached hydrogen (secondary N) is 1. The van der Waals surface area contributed by atoms with Crippen LogP contribution in [0.1, 0.15) is 22.9 Å². The monoisotopic (exact) mass is 322 g/mol.